The Balaban J connectivity index is 2.17. The standard InChI is InChI=1S/C14H24N4/c1-5-12-13(15-6-2)16-9-17-14(12)18(4)8-11-7-10(11)3/h9-11H,5-8H2,1-4H3,(H,15,16,17). The summed E-state index contributed by atoms with van der Waals surface area (Å²) in [6.45, 7) is 8.58. The molecule has 2 unspecified atom stereocenters. The van der Waals surface area contributed by atoms with Crippen LogP contribution in [0.3, 0.4) is 0 Å². The number of nitrogens with zero attached hydrogens (tertiary/aromatic N) is 3. The Kier molecular flexibility index (Phi) is 4.04. The molecule has 0 amide bonds. The fourth-order valence-electron chi connectivity index (χ4n) is 2.47. The van der Waals surface area contributed by atoms with Gasteiger partial charge in [-0.3, -0.25) is 0 Å². The second kappa shape index (κ2) is 5.55. The van der Waals surface area contributed by atoms with Crippen molar-refractivity contribution in [3.8, 4) is 0 Å². The van der Waals surface area contributed by atoms with Gasteiger partial charge < -0.3 is 10.2 Å². The predicted octanol–water partition coefficient (Wildman–Crippen LogP) is 2.56. The summed E-state index contributed by atoms with van der Waals surface area (Å²) in [6, 6.07) is 0. The van der Waals surface area contributed by atoms with Gasteiger partial charge in [-0.25, -0.2) is 9.97 Å². The van der Waals surface area contributed by atoms with E-state index in [4.69, 9.17) is 0 Å². The maximum absolute atomic E-state index is 4.47. The minimum atomic E-state index is 0.845. The van der Waals surface area contributed by atoms with Crippen LogP contribution in [0.1, 0.15) is 32.8 Å². The van der Waals surface area contributed by atoms with Crippen LogP contribution in [0, 0.1) is 11.8 Å². The summed E-state index contributed by atoms with van der Waals surface area (Å²) in [5.41, 5.74) is 1.23. The summed E-state index contributed by atoms with van der Waals surface area (Å²) in [4.78, 5) is 11.1. The van der Waals surface area contributed by atoms with Crippen molar-refractivity contribution in [3.05, 3.63) is 11.9 Å². The highest BCUT2D eigenvalue weighted by molar-refractivity contribution is 5.58. The Labute approximate surface area is 110 Å². The molecule has 0 aliphatic heterocycles. The normalized spacial score (nSPS) is 21.8. The first-order chi connectivity index (χ1) is 8.67. The lowest BCUT2D eigenvalue weighted by molar-refractivity contribution is 0.715. The molecule has 2 rings (SSSR count). The molecular weight excluding hydrogens is 224 g/mol. The Morgan fingerprint density at radius 3 is 2.67 bits per heavy atom. The fraction of sp³-hybridized carbons (Fsp3) is 0.714. The van der Waals surface area contributed by atoms with Crippen molar-refractivity contribution in [2.24, 2.45) is 11.8 Å². The molecule has 1 saturated carbocycles. The molecule has 1 N–H and O–H groups in total. The molecule has 0 bridgehead atoms. The van der Waals surface area contributed by atoms with Crippen LogP contribution in [-0.4, -0.2) is 30.1 Å². The van der Waals surface area contributed by atoms with Gasteiger partial charge in [0.05, 0.1) is 0 Å². The first-order valence-electron chi connectivity index (χ1n) is 6.96. The van der Waals surface area contributed by atoms with Gasteiger partial charge in [0.1, 0.15) is 18.0 Å². The Hall–Kier alpha value is -1.32. The van der Waals surface area contributed by atoms with Gasteiger partial charge >= 0.3 is 0 Å². The van der Waals surface area contributed by atoms with Crippen molar-refractivity contribution in [1.29, 1.82) is 0 Å². The second-order valence-corrected chi connectivity index (χ2v) is 5.26. The third kappa shape index (κ3) is 2.74. The van der Waals surface area contributed by atoms with Crippen LogP contribution >= 0.6 is 0 Å². The monoisotopic (exact) mass is 248 g/mol. The predicted molar refractivity (Wildman–Crippen MR) is 76.1 cm³/mol. The highest BCUT2D eigenvalue weighted by Gasteiger charge is 2.33. The van der Waals surface area contributed by atoms with E-state index in [1.807, 2.05) is 0 Å². The van der Waals surface area contributed by atoms with E-state index in [-0.39, 0.29) is 0 Å². The number of rotatable bonds is 6. The van der Waals surface area contributed by atoms with Gasteiger partial charge in [-0.1, -0.05) is 13.8 Å². The largest absolute Gasteiger partial charge is 0.370 e. The smallest absolute Gasteiger partial charge is 0.137 e. The van der Waals surface area contributed by atoms with Gasteiger partial charge in [0.2, 0.25) is 0 Å². The molecule has 4 nitrogen and oxygen atoms in total. The van der Waals surface area contributed by atoms with Crippen molar-refractivity contribution < 1.29 is 0 Å². The summed E-state index contributed by atoms with van der Waals surface area (Å²) >= 11 is 0. The summed E-state index contributed by atoms with van der Waals surface area (Å²) in [5.74, 6) is 3.80. The first-order valence-corrected chi connectivity index (χ1v) is 6.96. The quantitative estimate of drug-likeness (QED) is 0.840. The molecule has 2 atom stereocenters. The van der Waals surface area contributed by atoms with Gasteiger partial charge in [-0.2, -0.15) is 0 Å². The molecule has 1 fully saturated rings. The number of hydrogen-bond donors (Lipinski definition) is 1. The maximum atomic E-state index is 4.47. The maximum Gasteiger partial charge on any atom is 0.137 e. The molecule has 1 aromatic rings. The van der Waals surface area contributed by atoms with Gasteiger partial charge in [-0.15, -0.1) is 0 Å². The van der Waals surface area contributed by atoms with Crippen molar-refractivity contribution in [3.63, 3.8) is 0 Å². The number of nitrogens with one attached hydrogen (secondary N) is 1. The van der Waals surface area contributed by atoms with Crippen molar-refractivity contribution >= 4 is 11.6 Å². The molecule has 1 aliphatic rings. The lowest BCUT2D eigenvalue weighted by Crippen LogP contribution is -2.24. The Morgan fingerprint density at radius 1 is 1.39 bits per heavy atom. The molecule has 1 aliphatic carbocycles. The molecule has 18 heavy (non-hydrogen) atoms. The van der Waals surface area contributed by atoms with Crippen LogP contribution in [0.15, 0.2) is 6.33 Å². The third-order valence-electron chi connectivity index (χ3n) is 3.77. The van der Waals surface area contributed by atoms with E-state index in [0.717, 1.165) is 43.0 Å². The van der Waals surface area contributed by atoms with E-state index in [2.05, 4.69) is 48.0 Å². The third-order valence-corrected chi connectivity index (χ3v) is 3.77. The van der Waals surface area contributed by atoms with Crippen LogP contribution < -0.4 is 10.2 Å². The molecule has 4 heteroatoms. The molecule has 0 spiro atoms. The van der Waals surface area contributed by atoms with Crippen molar-refractivity contribution in [2.75, 3.05) is 30.4 Å². The van der Waals surface area contributed by atoms with Crippen LogP contribution in [0.4, 0.5) is 11.6 Å². The van der Waals surface area contributed by atoms with Crippen LogP contribution in [0.2, 0.25) is 0 Å². The SMILES string of the molecule is CCNc1ncnc(N(C)CC2CC2C)c1CC. The summed E-state index contributed by atoms with van der Waals surface area (Å²) < 4.78 is 0. The van der Waals surface area contributed by atoms with Gasteiger partial charge in [0.15, 0.2) is 0 Å². The average Bonchev–Trinajstić information content (AvgIpc) is 3.05. The van der Waals surface area contributed by atoms with Crippen molar-refractivity contribution in [1.82, 2.24) is 9.97 Å². The van der Waals surface area contributed by atoms with E-state index < -0.39 is 0 Å². The lowest BCUT2D eigenvalue weighted by Gasteiger charge is -2.22. The summed E-state index contributed by atoms with van der Waals surface area (Å²) in [7, 11) is 2.14. The second-order valence-electron chi connectivity index (χ2n) is 5.26. The fourth-order valence-corrected chi connectivity index (χ4v) is 2.47. The van der Waals surface area contributed by atoms with Gasteiger partial charge in [0.25, 0.3) is 0 Å². The summed E-state index contributed by atoms with van der Waals surface area (Å²) in [6.07, 6.45) is 3.99. The van der Waals surface area contributed by atoms with Gasteiger partial charge in [-0.05, 0) is 31.6 Å². The molecule has 0 saturated heterocycles. The molecule has 1 heterocycles. The van der Waals surface area contributed by atoms with Crippen LogP contribution in [-0.2, 0) is 6.42 Å². The van der Waals surface area contributed by atoms with Crippen LogP contribution in [0.25, 0.3) is 0 Å². The zero-order valence-electron chi connectivity index (χ0n) is 11.9. The van der Waals surface area contributed by atoms with E-state index in [0.29, 0.717) is 0 Å². The molecule has 0 radical (unpaired) electrons. The minimum absolute atomic E-state index is 0.845. The van der Waals surface area contributed by atoms with Crippen LogP contribution in [0.5, 0.6) is 0 Å². The van der Waals surface area contributed by atoms with E-state index in [9.17, 15) is 0 Å². The topological polar surface area (TPSA) is 41.1 Å². The zero-order chi connectivity index (χ0) is 13.1. The number of anilines is 2. The molecule has 0 aromatic carbocycles. The molecule has 1 aromatic heterocycles. The molecular formula is C14H24N4. The van der Waals surface area contributed by atoms with E-state index in [1.54, 1.807) is 6.33 Å². The zero-order valence-corrected chi connectivity index (χ0v) is 11.9. The lowest BCUT2D eigenvalue weighted by atomic mass is 10.2. The highest BCUT2D eigenvalue weighted by Crippen LogP contribution is 2.39. The average molecular weight is 248 g/mol. The van der Waals surface area contributed by atoms with E-state index >= 15 is 0 Å². The summed E-state index contributed by atoms with van der Waals surface area (Å²) in [5, 5.41) is 3.32. The Morgan fingerprint density at radius 2 is 2.11 bits per heavy atom. The van der Waals surface area contributed by atoms with Gasteiger partial charge in [0, 0.05) is 25.7 Å². The number of aromatic nitrogens is 2. The molecule has 100 valence electrons. The number of hydrogen-bond acceptors (Lipinski definition) is 4. The highest BCUT2D eigenvalue weighted by atomic mass is 15.2. The van der Waals surface area contributed by atoms with E-state index in [1.165, 1.54) is 12.0 Å². The first kappa shape index (κ1) is 13.1. The Bertz CT molecular complexity index is 405. The minimum Gasteiger partial charge on any atom is -0.370 e. The van der Waals surface area contributed by atoms with Crippen molar-refractivity contribution in [2.45, 2.75) is 33.6 Å².